The zero-order valence-corrected chi connectivity index (χ0v) is 17.6. The van der Waals surface area contributed by atoms with Crippen molar-refractivity contribution in [3.05, 3.63) is 102 Å². The largest absolute Gasteiger partial charge is 0.336 e. The van der Waals surface area contributed by atoms with Crippen LogP contribution >= 0.6 is 0 Å². The van der Waals surface area contributed by atoms with Gasteiger partial charge in [0, 0.05) is 18.7 Å². The third-order valence-corrected chi connectivity index (χ3v) is 5.20. The van der Waals surface area contributed by atoms with Gasteiger partial charge in [-0.3, -0.25) is 4.79 Å². The first kappa shape index (κ1) is 20.5. The maximum Gasteiger partial charge on any atom is 0.246 e. The minimum absolute atomic E-state index is 0.0338. The molecular weight excluding hydrogens is 386 g/mol. The molecule has 156 valence electrons. The van der Waals surface area contributed by atoms with Crippen molar-refractivity contribution in [2.75, 3.05) is 6.54 Å². The smallest absolute Gasteiger partial charge is 0.246 e. The molecule has 1 amide bonds. The van der Waals surface area contributed by atoms with Gasteiger partial charge in [0.05, 0.1) is 0 Å². The van der Waals surface area contributed by atoms with E-state index in [9.17, 15) is 4.79 Å². The number of rotatable bonds is 8. The van der Waals surface area contributed by atoms with Crippen LogP contribution in [0.15, 0.2) is 84.9 Å². The number of amides is 1. The van der Waals surface area contributed by atoms with Crippen molar-refractivity contribution in [1.29, 1.82) is 0 Å². The predicted molar refractivity (Wildman–Crippen MR) is 120 cm³/mol. The monoisotopic (exact) mass is 411 g/mol. The van der Waals surface area contributed by atoms with Gasteiger partial charge in [-0.05, 0) is 35.2 Å². The Hall–Kier alpha value is -3.80. The van der Waals surface area contributed by atoms with Crippen molar-refractivity contribution >= 4 is 5.91 Å². The highest BCUT2D eigenvalue weighted by Crippen LogP contribution is 2.18. The molecule has 0 radical (unpaired) electrons. The van der Waals surface area contributed by atoms with Gasteiger partial charge >= 0.3 is 0 Å². The van der Waals surface area contributed by atoms with Crippen LogP contribution in [0.3, 0.4) is 0 Å². The molecule has 0 spiro atoms. The van der Waals surface area contributed by atoms with E-state index in [1.807, 2.05) is 84.6 Å². The summed E-state index contributed by atoms with van der Waals surface area (Å²) in [7, 11) is 0. The number of carbonyl (C=O) groups excluding carboxylic acids is 1. The molecule has 6 nitrogen and oxygen atoms in total. The van der Waals surface area contributed by atoms with Gasteiger partial charge in [0.25, 0.3) is 0 Å². The molecule has 0 aliphatic carbocycles. The standard InChI is InChI=1S/C25H25N5O/c1-20-10-8-9-15-23(20)25-26-28-30(27-25)19-24(31)29(18-22-13-6-3-7-14-22)17-16-21-11-4-2-5-12-21/h2-15H,16-19H2,1H3. The maximum atomic E-state index is 13.1. The van der Waals surface area contributed by atoms with E-state index in [1.54, 1.807) is 0 Å². The van der Waals surface area contributed by atoms with Crippen LogP contribution in [-0.4, -0.2) is 37.6 Å². The Morgan fingerprint density at radius 1 is 0.871 bits per heavy atom. The van der Waals surface area contributed by atoms with E-state index in [1.165, 1.54) is 10.4 Å². The first-order valence-electron chi connectivity index (χ1n) is 10.4. The molecule has 0 aliphatic heterocycles. The minimum Gasteiger partial charge on any atom is -0.336 e. The lowest BCUT2D eigenvalue weighted by molar-refractivity contribution is -0.132. The van der Waals surface area contributed by atoms with E-state index in [-0.39, 0.29) is 12.5 Å². The summed E-state index contributed by atoms with van der Waals surface area (Å²) in [4.78, 5) is 16.4. The van der Waals surface area contributed by atoms with Crippen molar-refractivity contribution in [3.63, 3.8) is 0 Å². The summed E-state index contributed by atoms with van der Waals surface area (Å²) < 4.78 is 0. The van der Waals surface area contributed by atoms with E-state index in [0.29, 0.717) is 18.9 Å². The van der Waals surface area contributed by atoms with Gasteiger partial charge < -0.3 is 4.90 Å². The summed E-state index contributed by atoms with van der Waals surface area (Å²) in [6, 6.07) is 28.1. The van der Waals surface area contributed by atoms with Crippen LogP contribution in [0, 0.1) is 6.92 Å². The number of hydrogen-bond donors (Lipinski definition) is 0. The van der Waals surface area contributed by atoms with Crippen molar-refractivity contribution < 1.29 is 4.79 Å². The number of nitrogens with zero attached hydrogens (tertiary/aromatic N) is 5. The Balaban J connectivity index is 1.48. The van der Waals surface area contributed by atoms with Gasteiger partial charge in [0.2, 0.25) is 11.7 Å². The Kier molecular flexibility index (Phi) is 6.47. The lowest BCUT2D eigenvalue weighted by atomic mass is 10.1. The fourth-order valence-corrected chi connectivity index (χ4v) is 3.47. The molecule has 4 rings (SSSR count). The Morgan fingerprint density at radius 3 is 2.23 bits per heavy atom. The zero-order valence-electron chi connectivity index (χ0n) is 17.6. The van der Waals surface area contributed by atoms with Gasteiger partial charge in [-0.25, -0.2) is 0 Å². The number of hydrogen-bond acceptors (Lipinski definition) is 4. The lowest BCUT2D eigenvalue weighted by Crippen LogP contribution is -2.35. The van der Waals surface area contributed by atoms with Gasteiger partial charge in [-0.1, -0.05) is 84.9 Å². The minimum atomic E-state index is -0.0338. The first-order chi connectivity index (χ1) is 15.2. The van der Waals surface area contributed by atoms with Crippen molar-refractivity contribution in [1.82, 2.24) is 25.1 Å². The Bertz CT molecular complexity index is 1120. The molecule has 0 unspecified atom stereocenters. The third kappa shape index (κ3) is 5.42. The lowest BCUT2D eigenvalue weighted by Gasteiger charge is -2.22. The molecule has 4 aromatic rings. The molecule has 0 fully saturated rings. The SMILES string of the molecule is Cc1ccccc1-c1nnn(CC(=O)N(CCc2ccccc2)Cc2ccccc2)n1. The van der Waals surface area contributed by atoms with Gasteiger partial charge in [0.1, 0.15) is 6.54 Å². The van der Waals surface area contributed by atoms with Crippen LogP contribution in [0.2, 0.25) is 0 Å². The van der Waals surface area contributed by atoms with Crippen molar-refractivity contribution in [3.8, 4) is 11.4 Å². The number of aromatic nitrogens is 4. The van der Waals surface area contributed by atoms with Crippen LogP contribution in [0.25, 0.3) is 11.4 Å². The quantitative estimate of drug-likeness (QED) is 0.441. The van der Waals surface area contributed by atoms with Crippen LogP contribution < -0.4 is 0 Å². The second-order valence-electron chi connectivity index (χ2n) is 7.49. The molecule has 0 atom stereocenters. The number of tetrazole rings is 1. The van der Waals surface area contributed by atoms with E-state index < -0.39 is 0 Å². The molecule has 31 heavy (non-hydrogen) atoms. The molecule has 0 aliphatic rings. The topological polar surface area (TPSA) is 63.9 Å². The normalized spacial score (nSPS) is 10.7. The summed E-state index contributed by atoms with van der Waals surface area (Å²) in [5.41, 5.74) is 4.29. The number of carbonyl (C=O) groups is 1. The van der Waals surface area contributed by atoms with Gasteiger partial charge in [-0.15, -0.1) is 10.2 Å². The molecule has 1 aromatic heterocycles. The summed E-state index contributed by atoms with van der Waals surface area (Å²) in [5.74, 6) is 0.498. The Morgan fingerprint density at radius 2 is 1.52 bits per heavy atom. The van der Waals surface area contributed by atoms with E-state index >= 15 is 0 Å². The summed E-state index contributed by atoms with van der Waals surface area (Å²) in [5, 5.41) is 12.7. The number of benzene rings is 3. The summed E-state index contributed by atoms with van der Waals surface area (Å²) in [6.45, 7) is 3.23. The van der Waals surface area contributed by atoms with Gasteiger partial charge in [0.15, 0.2) is 0 Å². The molecular formula is C25H25N5O. The maximum absolute atomic E-state index is 13.1. The Labute approximate surface area is 182 Å². The highest BCUT2D eigenvalue weighted by Gasteiger charge is 2.17. The third-order valence-electron chi connectivity index (χ3n) is 5.20. The fraction of sp³-hybridized carbons (Fsp3) is 0.200. The predicted octanol–water partition coefficient (Wildman–Crippen LogP) is 3.92. The van der Waals surface area contributed by atoms with Gasteiger partial charge in [-0.2, -0.15) is 4.80 Å². The van der Waals surface area contributed by atoms with Crippen LogP contribution in [0.4, 0.5) is 0 Å². The first-order valence-corrected chi connectivity index (χ1v) is 10.4. The summed E-state index contributed by atoms with van der Waals surface area (Å²) >= 11 is 0. The van der Waals surface area contributed by atoms with E-state index in [2.05, 4.69) is 27.5 Å². The highest BCUT2D eigenvalue weighted by atomic mass is 16.2. The molecule has 3 aromatic carbocycles. The molecule has 0 N–H and O–H groups in total. The molecule has 6 heteroatoms. The average molecular weight is 412 g/mol. The molecule has 0 saturated heterocycles. The highest BCUT2D eigenvalue weighted by molar-refractivity contribution is 5.76. The van der Waals surface area contributed by atoms with E-state index in [0.717, 1.165) is 23.1 Å². The second kappa shape index (κ2) is 9.80. The fourth-order valence-electron chi connectivity index (χ4n) is 3.47. The van der Waals surface area contributed by atoms with Crippen LogP contribution in [0.1, 0.15) is 16.7 Å². The second-order valence-corrected chi connectivity index (χ2v) is 7.49. The van der Waals surface area contributed by atoms with Crippen molar-refractivity contribution in [2.45, 2.75) is 26.4 Å². The zero-order chi connectivity index (χ0) is 21.5. The molecule has 0 saturated carbocycles. The average Bonchev–Trinajstić information content (AvgIpc) is 3.26. The van der Waals surface area contributed by atoms with Crippen molar-refractivity contribution in [2.24, 2.45) is 0 Å². The van der Waals surface area contributed by atoms with Crippen LogP contribution in [-0.2, 0) is 24.3 Å². The number of aryl methyl sites for hydroxylation is 1. The van der Waals surface area contributed by atoms with Crippen LogP contribution in [0.5, 0.6) is 0 Å². The molecule has 1 heterocycles. The molecule has 0 bridgehead atoms. The van der Waals surface area contributed by atoms with E-state index in [4.69, 9.17) is 0 Å². The summed E-state index contributed by atoms with van der Waals surface area (Å²) in [6.07, 6.45) is 0.790.